The van der Waals surface area contributed by atoms with Crippen molar-refractivity contribution in [1.82, 2.24) is 25.5 Å². The van der Waals surface area contributed by atoms with Gasteiger partial charge in [-0.15, -0.1) is 0 Å². The van der Waals surface area contributed by atoms with Crippen molar-refractivity contribution in [3.05, 3.63) is 61.7 Å². The highest BCUT2D eigenvalue weighted by Gasteiger charge is 2.44. The minimum atomic E-state index is -1.02. The average molecular weight is 762 g/mol. The molecule has 1 aliphatic carbocycles. The van der Waals surface area contributed by atoms with Gasteiger partial charge in [0, 0.05) is 23.6 Å². The Morgan fingerprint density at radius 1 is 1.04 bits per heavy atom. The second-order valence-electron chi connectivity index (χ2n) is 17.0. The first-order chi connectivity index (χ1) is 25.7. The van der Waals surface area contributed by atoms with E-state index < -0.39 is 58.6 Å². The zero-order valence-corrected chi connectivity index (χ0v) is 33.2. The third kappa shape index (κ3) is 7.77. The highest BCUT2D eigenvalue weighted by molar-refractivity contribution is 5.94. The predicted molar refractivity (Wildman–Crippen MR) is 203 cm³/mol. The molecule has 3 amide bonds. The van der Waals surface area contributed by atoms with Crippen LogP contribution in [0.25, 0.3) is 22.3 Å². The van der Waals surface area contributed by atoms with E-state index in [-0.39, 0.29) is 25.1 Å². The van der Waals surface area contributed by atoms with Crippen molar-refractivity contribution in [2.75, 3.05) is 6.54 Å². The average Bonchev–Trinajstić information content (AvgIpc) is 3.45. The number of pyridine rings is 2. The Balaban J connectivity index is 1.34. The lowest BCUT2D eigenvalue weighted by Gasteiger charge is -2.33. The Kier molecular flexibility index (Phi) is 10.5. The van der Waals surface area contributed by atoms with Gasteiger partial charge in [0.25, 0.3) is 5.56 Å². The zero-order valence-electron chi connectivity index (χ0n) is 33.2. The van der Waals surface area contributed by atoms with Gasteiger partial charge in [0.15, 0.2) is 0 Å². The first-order valence-corrected chi connectivity index (χ1v) is 19.1. The Bertz CT molecular complexity index is 2150. The number of alkyl carbamates (subject to hydrolysis) is 2. The summed E-state index contributed by atoms with van der Waals surface area (Å²) in [7, 11) is 0. The van der Waals surface area contributed by atoms with Gasteiger partial charge in [0.05, 0.1) is 40.5 Å². The molecule has 3 aromatic rings. The van der Waals surface area contributed by atoms with Gasteiger partial charge in [-0.2, -0.15) is 0 Å². The highest BCUT2D eigenvalue weighted by atomic mass is 19.1. The van der Waals surface area contributed by atoms with Crippen molar-refractivity contribution >= 4 is 35.0 Å². The molecule has 0 unspecified atom stereocenters. The molecule has 2 aliphatic heterocycles. The van der Waals surface area contributed by atoms with Crippen LogP contribution in [0.2, 0.25) is 0 Å². The SMILES string of the molecule is CC[C@@]1(C)C(=O)OCc2c1cc1n(c2=O)Cc2c-1nc1cc(F)c(C)c3c1c2[C@@H](NC(=O)[C@H](CCCCNC(=O)OC(C)(C)C)NC(=O)OC(C)(C)C)CC3. The molecule has 13 nitrogen and oxygen atoms in total. The van der Waals surface area contributed by atoms with Crippen molar-refractivity contribution in [2.45, 2.75) is 143 Å². The Morgan fingerprint density at radius 2 is 1.73 bits per heavy atom. The van der Waals surface area contributed by atoms with Gasteiger partial charge in [-0.05, 0) is 122 Å². The molecule has 4 heterocycles. The van der Waals surface area contributed by atoms with Crippen LogP contribution in [0.4, 0.5) is 14.0 Å². The monoisotopic (exact) mass is 761 g/mol. The van der Waals surface area contributed by atoms with Crippen molar-refractivity contribution in [1.29, 1.82) is 0 Å². The van der Waals surface area contributed by atoms with Crippen LogP contribution in [-0.4, -0.2) is 57.4 Å². The fourth-order valence-corrected chi connectivity index (χ4v) is 7.83. The molecule has 0 radical (unpaired) electrons. The third-order valence-electron chi connectivity index (χ3n) is 10.7. The van der Waals surface area contributed by atoms with Crippen molar-refractivity contribution < 1.29 is 37.8 Å². The van der Waals surface area contributed by atoms with E-state index in [1.807, 2.05) is 13.0 Å². The van der Waals surface area contributed by atoms with E-state index in [0.29, 0.717) is 72.2 Å². The summed E-state index contributed by atoms with van der Waals surface area (Å²) in [6.07, 6.45) is 1.30. The minimum absolute atomic E-state index is 0.127. The Hall–Kier alpha value is -5.01. The third-order valence-corrected chi connectivity index (χ3v) is 10.7. The molecule has 0 bridgehead atoms. The van der Waals surface area contributed by atoms with Crippen LogP contribution in [0.3, 0.4) is 0 Å². The maximum absolute atomic E-state index is 15.4. The lowest BCUT2D eigenvalue weighted by Crippen LogP contribution is -2.49. The number of hydrogen-bond donors (Lipinski definition) is 3. The second kappa shape index (κ2) is 14.6. The first-order valence-electron chi connectivity index (χ1n) is 19.1. The second-order valence-corrected chi connectivity index (χ2v) is 17.0. The van der Waals surface area contributed by atoms with Crippen molar-refractivity contribution in [3.8, 4) is 11.4 Å². The Labute approximate surface area is 320 Å². The molecule has 0 saturated carbocycles. The number of benzene rings is 1. The van der Waals surface area contributed by atoms with E-state index in [2.05, 4.69) is 16.0 Å². The summed E-state index contributed by atoms with van der Waals surface area (Å²) >= 11 is 0. The van der Waals surface area contributed by atoms with Gasteiger partial charge in [0.2, 0.25) is 5.91 Å². The fourth-order valence-electron chi connectivity index (χ4n) is 7.83. The summed E-state index contributed by atoms with van der Waals surface area (Å²) < 4.78 is 33.3. The maximum Gasteiger partial charge on any atom is 0.408 e. The van der Waals surface area contributed by atoms with E-state index in [1.54, 1.807) is 60.0 Å². The minimum Gasteiger partial charge on any atom is -0.460 e. The van der Waals surface area contributed by atoms with Gasteiger partial charge < -0.3 is 34.7 Å². The van der Waals surface area contributed by atoms with Crippen LogP contribution >= 0.6 is 0 Å². The lowest BCUT2D eigenvalue weighted by molar-refractivity contribution is -0.153. The van der Waals surface area contributed by atoms with E-state index in [4.69, 9.17) is 19.2 Å². The van der Waals surface area contributed by atoms with Gasteiger partial charge in [-0.1, -0.05) is 6.92 Å². The molecule has 0 saturated heterocycles. The van der Waals surface area contributed by atoms with E-state index in [1.165, 1.54) is 6.07 Å². The summed E-state index contributed by atoms with van der Waals surface area (Å²) in [4.78, 5) is 71.4. The molecule has 1 aromatic carbocycles. The number of unbranched alkanes of at least 4 members (excludes halogenated alkanes) is 1. The molecular formula is C41H52FN5O8. The number of ether oxygens (including phenoxy) is 3. The molecule has 296 valence electrons. The normalized spacial score (nSPS) is 19.1. The smallest absolute Gasteiger partial charge is 0.408 e. The maximum atomic E-state index is 15.4. The summed E-state index contributed by atoms with van der Waals surface area (Å²) in [5.41, 5.74) is 2.49. The zero-order chi connectivity index (χ0) is 40.2. The number of aryl methyl sites for hydroxylation is 1. The van der Waals surface area contributed by atoms with Crippen LogP contribution in [0.15, 0.2) is 16.9 Å². The molecule has 3 aliphatic rings. The molecule has 14 heteroatoms. The van der Waals surface area contributed by atoms with Crippen LogP contribution in [-0.2, 0) is 48.8 Å². The quantitative estimate of drug-likeness (QED) is 0.101. The highest BCUT2D eigenvalue weighted by Crippen LogP contribution is 2.46. The summed E-state index contributed by atoms with van der Waals surface area (Å²) in [6.45, 7) is 16.3. The number of carbonyl (C=O) groups excluding carboxylic acids is 4. The van der Waals surface area contributed by atoms with E-state index >= 15 is 4.39 Å². The van der Waals surface area contributed by atoms with Crippen LogP contribution in [0.1, 0.15) is 127 Å². The van der Waals surface area contributed by atoms with Crippen molar-refractivity contribution in [3.63, 3.8) is 0 Å². The summed E-state index contributed by atoms with van der Waals surface area (Å²) in [5, 5.41) is 9.39. The van der Waals surface area contributed by atoms with Gasteiger partial charge in [-0.3, -0.25) is 14.4 Å². The van der Waals surface area contributed by atoms with Gasteiger partial charge in [-0.25, -0.2) is 19.0 Å². The molecule has 2 aromatic heterocycles. The standard InChI is InChI=1S/C41H52FN5O8/c1-10-41(9)25-17-30-33-23(19-47(30)35(49)24(25)20-53-36(41)50)32-27(15-14-22-21(2)26(42)18-29(44-33)31(22)32)45-34(48)28(46-38(52)55-40(6,7)8)13-11-12-16-43-37(51)54-39(3,4)5/h17-18,27-28H,10-16,19-20H2,1-9H3,(H,43,51)(H,45,48)(H,46,52)/t27-,28-,41+/m0/s1. The van der Waals surface area contributed by atoms with Gasteiger partial charge >= 0.3 is 18.2 Å². The lowest BCUT2D eigenvalue weighted by atomic mass is 9.76. The predicted octanol–water partition coefficient (Wildman–Crippen LogP) is 6.29. The molecule has 3 N–H and O–H groups in total. The number of aromatic nitrogens is 2. The van der Waals surface area contributed by atoms with E-state index in [9.17, 15) is 24.0 Å². The molecule has 0 spiro atoms. The number of cyclic esters (lactones) is 1. The molecule has 55 heavy (non-hydrogen) atoms. The van der Waals surface area contributed by atoms with Gasteiger partial charge in [0.1, 0.15) is 29.7 Å². The van der Waals surface area contributed by atoms with E-state index in [0.717, 1.165) is 22.1 Å². The molecule has 0 fully saturated rings. The van der Waals surface area contributed by atoms with Crippen molar-refractivity contribution in [2.24, 2.45) is 0 Å². The van der Waals surface area contributed by atoms with Crippen LogP contribution in [0, 0.1) is 12.7 Å². The topological polar surface area (TPSA) is 167 Å². The summed E-state index contributed by atoms with van der Waals surface area (Å²) in [6, 6.07) is 1.70. The first kappa shape index (κ1) is 39.7. The number of esters is 1. The summed E-state index contributed by atoms with van der Waals surface area (Å²) in [5.74, 6) is -1.23. The van der Waals surface area contributed by atoms with Crippen LogP contribution in [0.5, 0.6) is 0 Å². The van der Waals surface area contributed by atoms with Crippen LogP contribution < -0.4 is 21.5 Å². The number of carbonyl (C=O) groups is 4. The number of rotatable bonds is 9. The largest absolute Gasteiger partial charge is 0.460 e. The number of halogens is 1. The molecule has 6 rings (SSSR count). The Morgan fingerprint density at radius 3 is 2.40 bits per heavy atom. The number of amides is 3. The molecular weight excluding hydrogens is 709 g/mol. The number of nitrogens with zero attached hydrogens (tertiary/aromatic N) is 2. The fraction of sp³-hybridized carbons (Fsp3) is 0.561. The number of nitrogens with one attached hydrogen (secondary N) is 3. The molecule has 3 atom stereocenters. The number of hydrogen-bond acceptors (Lipinski definition) is 9. The number of fused-ring (bicyclic) bond motifs is 5.